The Bertz CT molecular complexity index is 1240. The van der Waals surface area contributed by atoms with Crippen LogP contribution >= 0.6 is 11.3 Å². The molecular formula is C22H26N8OS. The van der Waals surface area contributed by atoms with Gasteiger partial charge in [0.15, 0.2) is 5.13 Å². The van der Waals surface area contributed by atoms with Crippen LogP contribution in [-0.4, -0.2) is 35.4 Å². The van der Waals surface area contributed by atoms with Crippen molar-refractivity contribution in [3.8, 4) is 0 Å². The maximum absolute atomic E-state index is 12.8. The standard InChI is InChI=1S/C22H26N8OS/c1-6-30-12-27-16-10-23-15(7-17(16)30)19(31)28-13(2)18-11-26-21(32-18)29-14-8-24-20(25-9-14)22(3,4)5/h7-13H,6H2,1-5H3,(H,26,29)(H,28,31). The Kier molecular flexibility index (Phi) is 5.88. The molecule has 4 aromatic heterocycles. The van der Waals surface area contributed by atoms with Crippen molar-refractivity contribution in [2.24, 2.45) is 0 Å². The lowest BCUT2D eigenvalue weighted by Crippen LogP contribution is -2.26. The van der Waals surface area contributed by atoms with Gasteiger partial charge in [-0.15, -0.1) is 0 Å². The van der Waals surface area contributed by atoms with E-state index in [0.717, 1.165) is 34.0 Å². The van der Waals surface area contributed by atoms with Crippen LogP contribution in [0, 0.1) is 0 Å². The Morgan fingerprint density at radius 3 is 2.53 bits per heavy atom. The predicted octanol–water partition coefficient (Wildman–Crippen LogP) is 4.23. The van der Waals surface area contributed by atoms with Gasteiger partial charge in [0.05, 0.1) is 42.2 Å². The summed E-state index contributed by atoms with van der Waals surface area (Å²) in [4.78, 5) is 35.5. The van der Waals surface area contributed by atoms with Gasteiger partial charge in [0, 0.05) is 23.0 Å². The topological polar surface area (TPSA) is 111 Å². The first-order chi connectivity index (χ1) is 15.2. The fraction of sp³-hybridized carbons (Fsp3) is 0.364. The first kappa shape index (κ1) is 21.8. The number of aromatic nitrogens is 6. The molecule has 32 heavy (non-hydrogen) atoms. The number of amides is 1. The molecule has 9 nitrogen and oxygen atoms in total. The van der Waals surface area contributed by atoms with E-state index >= 15 is 0 Å². The van der Waals surface area contributed by atoms with Gasteiger partial charge in [-0.2, -0.15) is 0 Å². The van der Waals surface area contributed by atoms with Gasteiger partial charge in [0.1, 0.15) is 17.0 Å². The third-order valence-electron chi connectivity index (χ3n) is 4.95. The van der Waals surface area contributed by atoms with Crippen LogP contribution in [-0.2, 0) is 12.0 Å². The highest BCUT2D eigenvalue weighted by molar-refractivity contribution is 7.15. The Morgan fingerprint density at radius 2 is 1.84 bits per heavy atom. The molecule has 4 rings (SSSR count). The molecule has 0 aromatic carbocycles. The molecule has 166 valence electrons. The van der Waals surface area contributed by atoms with Crippen molar-refractivity contribution in [3.63, 3.8) is 0 Å². The Hall–Kier alpha value is -3.40. The molecule has 1 atom stereocenters. The average Bonchev–Trinajstić information content (AvgIpc) is 3.39. The molecule has 0 bridgehead atoms. The number of hydrogen-bond acceptors (Lipinski definition) is 8. The normalized spacial score (nSPS) is 12.7. The number of fused-ring (bicyclic) bond motifs is 1. The summed E-state index contributed by atoms with van der Waals surface area (Å²) in [7, 11) is 0. The van der Waals surface area contributed by atoms with Crippen LogP contribution in [0.25, 0.3) is 11.0 Å². The molecule has 0 aliphatic heterocycles. The van der Waals surface area contributed by atoms with Crippen LogP contribution < -0.4 is 10.6 Å². The second kappa shape index (κ2) is 8.62. The van der Waals surface area contributed by atoms with E-state index in [1.165, 1.54) is 11.3 Å². The molecule has 0 fully saturated rings. The summed E-state index contributed by atoms with van der Waals surface area (Å²) in [5, 5.41) is 6.92. The van der Waals surface area contributed by atoms with E-state index in [-0.39, 0.29) is 17.4 Å². The Labute approximate surface area is 190 Å². The van der Waals surface area contributed by atoms with Crippen LogP contribution in [0.2, 0.25) is 0 Å². The van der Waals surface area contributed by atoms with Gasteiger partial charge in [-0.05, 0) is 19.9 Å². The third kappa shape index (κ3) is 4.59. The van der Waals surface area contributed by atoms with E-state index in [1.807, 2.05) is 18.4 Å². The van der Waals surface area contributed by atoms with Crippen molar-refractivity contribution in [1.29, 1.82) is 0 Å². The second-order valence-corrected chi connectivity index (χ2v) is 9.58. The maximum Gasteiger partial charge on any atom is 0.270 e. The minimum atomic E-state index is -0.239. The molecular weight excluding hydrogens is 424 g/mol. The average molecular weight is 451 g/mol. The number of imidazole rings is 1. The monoisotopic (exact) mass is 450 g/mol. The molecule has 0 spiro atoms. The van der Waals surface area contributed by atoms with Crippen LogP contribution in [0.15, 0.2) is 37.2 Å². The minimum absolute atomic E-state index is 0.101. The van der Waals surface area contributed by atoms with E-state index in [2.05, 4.69) is 56.3 Å². The molecule has 0 aliphatic rings. The third-order valence-corrected chi connectivity index (χ3v) is 6.05. The molecule has 1 amide bonds. The number of nitrogens with one attached hydrogen (secondary N) is 2. The number of thiazole rings is 1. The lowest BCUT2D eigenvalue weighted by molar-refractivity contribution is 0.0935. The zero-order valence-corrected chi connectivity index (χ0v) is 19.6. The lowest BCUT2D eigenvalue weighted by atomic mass is 9.96. The van der Waals surface area contributed by atoms with Gasteiger partial charge in [0.25, 0.3) is 5.91 Å². The molecule has 4 aromatic rings. The molecule has 0 saturated heterocycles. The highest BCUT2D eigenvalue weighted by Crippen LogP contribution is 2.27. The van der Waals surface area contributed by atoms with Crippen molar-refractivity contribution in [1.82, 2.24) is 34.8 Å². The number of carbonyl (C=O) groups is 1. The quantitative estimate of drug-likeness (QED) is 0.452. The van der Waals surface area contributed by atoms with E-state index in [0.29, 0.717) is 10.8 Å². The van der Waals surface area contributed by atoms with Gasteiger partial charge in [0.2, 0.25) is 0 Å². The highest BCUT2D eigenvalue weighted by Gasteiger charge is 2.18. The number of anilines is 2. The first-order valence-electron chi connectivity index (χ1n) is 10.4. The van der Waals surface area contributed by atoms with E-state index < -0.39 is 0 Å². The van der Waals surface area contributed by atoms with Crippen LogP contribution in [0.3, 0.4) is 0 Å². The van der Waals surface area contributed by atoms with Crippen LogP contribution in [0.4, 0.5) is 10.8 Å². The van der Waals surface area contributed by atoms with Crippen molar-refractivity contribution in [2.75, 3.05) is 5.32 Å². The van der Waals surface area contributed by atoms with E-state index in [1.54, 1.807) is 37.2 Å². The van der Waals surface area contributed by atoms with Crippen molar-refractivity contribution in [3.05, 3.63) is 53.6 Å². The predicted molar refractivity (Wildman–Crippen MR) is 125 cm³/mol. The highest BCUT2D eigenvalue weighted by atomic mass is 32.1. The smallest absolute Gasteiger partial charge is 0.270 e. The zero-order valence-electron chi connectivity index (χ0n) is 18.7. The fourth-order valence-electron chi connectivity index (χ4n) is 3.13. The molecule has 10 heteroatoms. The molecule has 2 N–H and O–H groups in total. The van der Waals surface area contributed by atoms with Crippen molar-refractivity contribution < 1.29 is 4.79 Å². The molecule has 1 unspecified atom stereocenters. The fourth-order valence-corrected chi connectivity index (χ4v) is 3.97. The van der Waals surface area contributed by atoms with Crippen molar-refractivity contribution in [2.45, 2.75) is 52.6 Å². The number of pyridine rings is 1. The number of aryl methyl sites for hydroxylation is 1. The summed E-state index contributed by atoms with van der Waals surface area (Å²) < 4.78 is 1.98. The van der Waals surface area contributed by atoms with Gasteiger partial charge >= 0.3 is 0 Å². The van der Waals surface area contributed by atoms with E-state index in [4.69, 9.17) is 0 Å². The molecule has 0 radical (unpaired) electrons. The summed E-state index contributed by atoms with van der Waals surface area (Å²) in [6.45, 7) is 11.0. The number of carbonyl (C=O) groups excluding carboxylic acids is 1. The maximum atomic E-state index is 12.8. The Morgan fingerprint density at radius 1 is 1.09 bits per heavy atom. The van der Waals surface area contributed by atoms with Gasteiger partial charge < -0.3 is 15.2 Å². The minimum Gasteiger partial charge on any atom is -0.343 e. The summed E-state index contributed by atoms with van der Waals surface area (Å²) in [6, 6.07) is 1.55. The van der Waals surface area contributed by atoms with Gasteiger partial charge in [-0.3, -0.25) is 4.79 Å². The number of nitrogens with zero attached hydrogens (tertiary/aromatic N) is 6. The number of rotatable bonds is 6. The van der Waals surface area contributed by atoms with Gasteiger partial charge in [-0.25, -0.2) is 24.9 Å². The molecule has 0 aliphatic carbocycles. The first-order valence-corrected chi connectivity index (χ1v) is 11.2. The SMILES string of the molecule is CCn1cnc2cnc(C(=O)NC(C)c3cnc(Nc4cnc(C(C)(C)C)nc4)s3)cc21. The van der Waals surface area contributed by atoms with Gasteiger partial charge in [-0.1, -0.05) is 32.1 Å². The molecule has 4 heterocycles. The van der Waals surface area contributed by atoms with Crippen molar-refractivity contribution >= 4 is 39.1 Å². The summed E-state index contributed by atoms with van der Waals surface area (Å²) >= 11 is 1.47. The molecule has 0 saturated carbocycles. The van der Waals surface area contributed by atoms with Crippen LogP contribution in [0.5, 0.6) is 0 Å². The van der Waals surface area contributed by atoms with E-state index in [9.17, 15) is 4.79 Å². The summed E-state index contributed by atoms with van der Waals surface area (Å²) in [6.07, 6.45) is 8.64. The lowest BCUT2D eigenvalue weighted by Gasteiger charge is -2.16. The summed E-state index contributed by atoms with van der Waals surface area (Å²) in [5.74, 6) is 0.547. The zero-order chi connectivity index (χ0) is 22.9. The Balaban J connectivity index is 1.42. The largest absolute Gasteiger partial charge is 0.343 e. The second-order valence-electron chi connectivity index (χ2n) is 8.52. The summed E-state index contributed by atoms with van der Waals surface area (Å²) in [5.41, 5.74) is 2.69. The van der Waals surface area contributed by atoms with Crippen LogP contribution in [0.1, 0.15) is 61.9 Å². The number of hydrogen-bond donors (Lipinski definition) is 2.